The molecule has 1 aliphatic heterocycles. The second kappa shape index (κ2) is 6.29. The van der Waals surface area contributed by atoms with Gasteiger partial charge in [-0.25, -0.2) is 4.79 Å². The van der Waals surface area contributed by atoms with Crippen LogP contribution in [0.15, 0.2) is 0 Å². The molecule has 2 amide bonds. The van der Waals surface area contributed by atoms with Crippen molar-refractivity contribution in [3.63, 3.8) is 0 Å². The predicted molar refractivity (Wildman–Crippen MR) is 90.3 cm³/mol. The summed E-state index contributed by atoms with van der Waals surface area (Å²) in [5.74, 6) is 1.64. The fourth-order valence-electron chi connectivity index (χ4n) is 6.17. The number of rotatable bonds is 5. The molecule has 6 nitrogen and oxygen atoms in total. The van der Waals surface area contributed by atoms with Gasteiger partial charge >= 0.3 is 5.97 Å². The number of carbonyl (C=O) groups is 3. The summed E-state index contributed by atoms with van der Waals surface area (Å²) in [6.07, 6.45) is 8.62. The SMILES string of the molecule is C[C@@H](NC(=O)COC(=O)[C@H]1CCC(=O)N1)C12CC3CC(CC(C3)C1)C2. The Morgan fingerprint density at radius 3 is 2.32 bits per heavy atom. The molecule has 2 N–H and O–H groups in total. The molecule has 6 heteroatoms. The topological polar surface area (TPSA) is 84.5 Å². The highest BCUT2D eigenvalue weighted by Crippen LogP contribution is 2.61. The molecule has 5 aliphatic rings. The van der Waals surface area contributed by atoms with Crippen molar-refractivity contribution in [1.82, 2.24) is 10.6 Å². The third-order valence-corrected chi connectivity index (χ3v) is 7.01. The molecular weight excluding hydrogens is 320 g/mol. The molecule has 2 atom stereocenters. The van der Waals surface area contributed by atoms with Crippen LogP contribution in [0.4, 0.5) is 0 Å². The third kappa shape index (κ3) is 3.27. The number of amides is 2. The first-order chi connectivity index (χ1) is 11.9. The van der Waals surface area contributed by atoms with E-state index in [1.807, 2.05) is 0 Å². The Morgan fingerprint density at radius 2 is 1.80 bits per heavy atom. The number of nitrogens with one attached hydrogen (secondary N) is 2. The summed E-state index contributed by atoms with van der Waals surface area (Å²) >= 11 is 0. The summed E-state index contributed by atoms with van der Waals surface area (Å²) in [5, 5.41) is 5.65. The smallest absolute Gasteiger partial charge is 0.329 e. The van der Waals surface area contributed by atoms with E-state index in [4.69, 9.17) is 4.74 Å². The number of carbonyl (C=O) groups excluding carboxylic acids is 3. The molecule has 4 bridgehead atoms. The van der Waals surface area contributed by atoms with E-state index in [1.165, 1.54) is 38.5 Å². The molecule has 0 aromatic heterocycles. The lowest BCUT2D eigenvalue weighted by Gasteiger charge is -2.59. The Labute approximate surface area is 148 Å². The van der Waals surface area contributed by atoms with Gasteiger partial charge in [0.05, 0.1) is 0 Å². The fraction of sp³-hybridized carbons (Fsp3) is 0.842. The van der Waals surface area contributed by atoms with Crippen LogP contribution in [0.1, 0.15) is 58.3 Å². The summed E-state index contributed by atoms with van der Waals surface area (Å²) in [6, 6.07) is -0.473. The summed E-state index contributed by atoms with van der Waals surface area (Å²) in [7, 11) is 0. The van der Waals surface area contributed by atoms with Crippen molar-refractivity contribution in [2.45, 2.75) is 70.4 Å². The summed E-state index contributed by atoms with van der Waals surface area (Å²) in [5.41, 5.74) is 0.244. The molecule has 25 heavy (non-hydrogen) atoms. The molecule has 138 valence electrons. The second-order valence-electron chi connectivity index (χ2n) is 8.84. The fourth-order valence-corrected chi connectivity index (χ4v) is 6.17. The second-order valence-corrected chi connectivity index (χ2v) is 8.84. The van der Waals surface area contributed by atoms with Crippen molar-refractivity contribution in [2.24, 2.45) is 23.2 Å². The van der Waals surface area contributed by atoms with Gasteiger partial charge in [0.1, 0.15) is 6.04 Å². The van der Waals surface area contributed by atoms with Crippen LogP contribution in [0.2, 0.25) is 0 Å². The van der Waals surface area contributed by atoms with Gasteiger partial charge in [-0.2, -0.15) is 0 Å². The minimum Gasteiger partial charge on any atom is -0.454 e. The van der Waals surface area contributed by atoms with Crippen LogP contribution in [0.3, 0.4) is 0 Å². The van der Waals surface area contributed by atoms with Gasteiger partial charge in [0.2, 0.25) is 5.91 Å². The molecule has 5 fully saturated rings. The standard InChI is InChI=1S/C19H28N2O4/c1-11(19-7-12-4-13(8-19)6-14(5-12)9-19)20-17(23)10-25-18(24)15-2-3-16(22)21-15/h11-15H,2-10H2,1H3,(H,20,23)(H,21,22)/t11-,12?,13?,14?,15-,19?/m1/s1. The van der Waals surface area contributed by atoms with Gasteiger partial charge in [0, 0.05) is 12.5 Å². The molecular formula is C19H28N2O4. The van der Waals surface area contributed by atoms with Crippen molar-refractivity contribution >= 4 is 17.8 Å². The molecule has 0 spiro atoms. The number of hydrogen-bond acceptors (Lipinski definition) is 4. The maximum absolute atomic E-state index is 12.3. The number of hydrogen-bond donors (Lipinski definition) is 2. The molecule has 0 aromatic carbocycles. The lowest BCUT2D eigenvalue weighted by atomic mass is 9.48. The quantitative estimate of drug-likeness (QED) is 0.738. The van der Waals surface area contributed by atoms with Gasteiger partial charge in [-0.15, -0.1) is 0 Å². The first-order valence-corrected chi connectivity index (χ1v) is 9.69. The van der Waals surface area contributed by atoms with Crippen molar-refractivity contribution in [1.29, 1.82) is 0 Å². The highest BCUT2D eigenvalue weighted by molar-refractivity contribution is 5.89. The summed E-state index contributed by atoms with van der Waals surface area (Å²) < 4.78 is 5.09. The average Bonchev–Trinajstić information content (AvgIpc) is 2.98. The Morgan fingerprint density at radius 1 is 1.20 bits per heavy atom. The van der Waals surface area contributed by atoms with E-state index in [-0.39, 0.29) is 29.9 Å². The van der Waals surface area contributed by atoms with Crippen molar-refractivity contribution in [3.05, 3.63) is 0 Å². The lowest BCUT2D eigenvalue weighted by Crippen LogP contribution is -2.56. The van der Waals surface area contributed by atoms with Gasteiger partial charge in [-0.3, -0.25) is 9.59 Å². The van der Waals surface area contributed by atoms with Crippen LogP contribution in [-0.2, 0) is 19.1 Å². The van der Waals surface area contributed by atoms with E-state index in [1.54, 1.807) is 0 Å². The number of esters is 1. The normalized spacial score (nSPS) is 39.8. The zero-order valence-corrected chi connectivity index (χ0v) is 14.9. The molecule has 4 saturated carbocycles. The Hall–Kier alpha value is -1.59. The van der Waals surface area contributed by atoms with Crippen LogP contribution >= 0.6 is 0 Å². The van der Waals surface area contributed by atoms with Gasteiger partial charge in [0.25, 0.3) is 5.91 Å². The van der Waals surface area contributed by atoms with Crippen LogP contribution in [0.25, 0.3) is 0 Å². The maximum atomic E-state index is 12.3. The largest absolute Gasteiger partial charge is 0.454 e. The molecule has 1 heterocycles. The molecule has 0 unspecified atom stereocenters. The van der Waals surface area contributed by atoms with E-state index in [9.17, 15) is 14.4 Å². The first kappa shape index (κ1) is 16.9. The lowest BCUT2D eigenvalue weighted by molar-refractivity contribution is -0.151. The minimum atomic E-state index is -0.596. The Kier molecular flexibility index (Phi) is 4.24. The monoisotopic (exact) mass is 348 g/mol. The predicted octanol–water partition coefficient (Wildman–Crippen LogP) is 1.53. The zero-order chi connectivity index (χ0) is 17.6. The van der Waals surface area contributed by atoms with Gasteiger partial charge in [-0.1, -0.05) is 0 Å². The van der Waals surface area contributed by atoms with Crippen molar-refractivity contribution in [3.8, 4) is 0 Å². The van der Waals surface area contributed by atoms with Crippen molar-refractivity contribution < 1.29 is 19.1 Å². The van der Waals surface area contributed by atoms with E-state index < -0.39 is 12.0 Å². The highest BCUT2D eigenvalue weighted by atomic mass is 16.5. The van der Waals surface area contributed by atoms with Crippen LogP contribution in [0, 0.1) is 23.2 Å². The molecule has 0 aromatic rings. The van der Waals surface area contributed by atoms with Gasteiger partial charge in [-0.05, 0) is 75.0 Å². The molecule has 0 radical (unpaired) electrons. The van der Waals surface area contributed by atoms with Gasteiger partial charge < -0.3 is 15.4 Å². The summed E-state index contributed by atoms with van der Waals surface area (Å²) in [6.45, 7) is 1.85. The van der Waals surface area contributed by atoms with E-state index in [0.29, 0.717) is 12.8 Å². The van der Waals surface area contributed by atoms with E-state index >= 15 is 0 Å². The molecule has 4 aliphatic carbocycles. The van der Waals surface area contributed by atoms with Crippen LogP contribution in [-0.4, -0.2) is 36.5 Å². The third-order valence-electron chi connectivity index (χ3n) is 7.01. The Balaban J connectivity index is 1.28. The molecule has 5 rings (SSSR count). The van der Waals surface area contributed by atoms with E-state index in [2.05, 4.69) is 17.6 Å². The minimum absolute atomic E-state index is 0.123. The van der Waals surface area contributed by atoms with Crippen LogP contribution < -0.4 is 10.6 Å². The van der Waals surface area contributed by atoms with Crippen molar-refractivity contribution in [2.75, 3.05) is 6.61 Å². The van der Waals surface area contributed by atoms with Crippen LogP contribution in [0.5, 0.6) is 0 Å². The van der Waals surface area contributed by atoms with Gasteiger partial charge in [0.15, 0.2) is 6.61 Å². The number of ether oxygens (including phenoxy) is 1. The highest BCUT2D eigenvalue weighted by Gasteiger charge is 2.53. The zero-order valence-electron chi connectivity index (χ0n) is 14.9. The van der Waals surface area contributed by atoms with E-state index in [0.717, 1.165) is 17.8 Å². The Bertz CT molecular complexity index is 553. The first-order valence-electron chi connectivity index (χ1n) is 9.69. The maximum Gasteiger partial charge on any atom is 0.329 e. The average molecular weight is 348 g/mol. The summed E-state index contributed by atoms with van der Waals surface area (Å²) in [4.78, 5) is 35.3. The molecule has 1 saturated heterocycles.